The largest absolute Gasteiger partial charge is 0.356 e. The average Bonchev–Trinajstić information content (AvgIpc) is 2.75. The smallest absolute Gasteiger partial charge is 0.256 e. The summed E-state index contributed by atoms with van der Waals surface area (Å²) in [4.78, 5) is 15.2. The Balaban J connectivity index is 2.19. The fourth-order valence-electron chi connectivity index (χ4n) is 3.52. The summed E-state index contributed by atoms with van der Waals surface area (Å²) >= 11 is 12.8. The highest BCUT2D eigenvalue weighted by Gasteiger charge is 2.38. The van der Waals surface area contributed by atoms with Crippen LogP contribution in [0.4, 0.5) is 5.69 Å². The first-order valence-corrected chi connectivity index (χ1v) is 10.3. The monoisotopic (exact) mass is 430 g/mol. The van der Waals surface area contributed by atoms with E-state index in [1.807, 2.05) is 30.3 Å². The molecular formula is C23H24Cl2N2O2. The number of amides is 1. The molecule has 2 aromatic carbocycles. The van der Waals surface area contributed by atoms with Crippen molar-refractivity contribution < 1.29 is 9.53 Å². The van der Waals surface area contributed by atoms with Crippen molar-refractivity contribution in [1.29, 1.82) is 5.26 Å². The zero-order chi connectivity index (χ0) is 21.2. The Morgan fingerprint density at radius 1 is 1.14 bits per heavy atom. The van der Waals surface area contributed by atoms with Crippen LogP contribution in [0.1, 0.15) is 50.8 Å². The topological polar surface area (TPSA) is 53.3 Å². The molecular weight excluding hydrogens is 407 g/mol. The third kappa shape index (κ3) is 4.93. The van der Waals surface area contributed by atoms with E-state index in [2.05, 4.69) is 26.8 Å². The zero-order valence-electron chi connectivity index (χ0n) is 16.8. The van der Waals surface area contributed by atoms with Crippen LogP contribution >= 0.6 is 23.2 Å². The van der Waals surface area contributed by atoms with Crippen molar-refractivity contribution in [2.24, 2.45) is 5.41 Å². The summed E-state index contributed by atoms with van der Waals surface area (Å²) in [5.41, 5.74) is 2.20. The van der Waals surface area contributed by atoms with Crippen LogP contribution in [0.15, 0.2) is 42.5 Å². The lowest BCUT2D eigenvalue weighted by Gasteiger charge is -2.31. The van der Waals surface area contributed by atoms with E-state index in [0.717, 1.165) is 16.8 Å². The van der Waals surface area contributed by atoms with E-state index in [4.69, 9.17) is 33.2 Å². The summed E-state index contributed by atoms with van der Waals surface area (Å²) in [6.07, 6.45) is -0.760. The van der Waals surface area contributed by atoms with Gasteiger partial charge in [0.25, 0.3) is 5.91 Å². The maximum atomic E-state index is 13.5. The molecule has 2 aromatic rings. The highest BCUT2D eigenvalue weighted by molar-refractivity contribution is 6.31. The van der Waals surface area contributed by atoms with E-state index in [0.29, 0.717) is 23.0 Å². The number of fused-ring (bicyclic) bond motifs is 1. The van der Waals surface area contributed by atoms with Gasteiger partial charge in [0, 0.05) is 39.8 Å². The Morgan fingerprint density at radius 2 is 1.86 bits per heavy atom. The van der Waals surface area contributed by atoms with Gasteiger partial charge < -0.3 is 9.64 Å². The minimum Gasteiger partial charge on any atom is -0.356 e. The first-order valence-electron chi connectivity index (χ1n) is 9.59. The number of anilines is 1. The summed E-state index contributed by atoms with van der Waals surface area (Å²) in [5.74, 6) is -0.145. The SMILES string of the molecule is CC(C)(C)CN1C(=O)[C@@H](CCC#N)O[C@H](c2ccccc2Cl)c2cc(Cl)ccc21. The van der Waals surface area contributed by atoms with E-state index >= 15 is 0 Å². The molecule has 29 heavy (non-hydrogen) atoms. The van der Waals surface area contributed by atoms with Gasteiger partial charge in [0.15, 0.2) is 0 Å². The quantitative estimate of drug-likeness (QED) is 0.582. The van der Waals surface area contributed by atoms with Crippen LogP contribution < -0.4 is 4.90 Å². The lowest BCUT2D eigenvalue weighted by Crippen LogP contribution is -2.43. The van der Waals surface area contributed by atoms with Gasteiger partial charge in [0.2, 0.25) is 0 Å². The normalized spacial score (nSPS) is 19.4. The highest BCUT2D eigenvalue weighted by Crippen LogP contribution is 2.42. The van der Waals surface area contributed by atoms with Crippen molar-refractivity contribution in [2.45, 2.75) is 45.8 Å². The van der Waals surface area contributed by atoms with Crippen LogP contribution in [0.5, 0.6) is 0 Å². The first kappa shape index (κ1) is 21.6. The van der Waals surface area contributed by atoms with E-state index in [1.165, 1.54) is 0 Å². The van der Waals surface area contributed by atoms with Crippen LogP contribution in [0.3, 0.4) is 0 Å². The lowest BCUT2D eigenvalue weighted by molar-refractivity contribution is -0.132. The molecule has 0 bridgehead atoms. The molecule has 0 aromatic heterocycles. The van der Waals surface area contributed by atoms with E-state index in [-0.39, 0.29) is 17.7 Å². The van der Waals surface area contributed by atoms with Crippen molar-refractivity contribution in [3.63, 3.8) is 0 Å². The van der Waals surface area contributed by atoms with E-state index < -0.39 is 12.2 Å². The zero-order valence-corrected chi connectivity index (χ0v) is 18.3. The van der Waals surface area contributed by atoms with Gasteiger partial charge in [-0.05, 0) is 36.1 Å². The predicted octanol–water partition coefficient (Wildman–Crippen LogP) is 6.16. The van der Waals surface area contributed by atoms with Gasteiger partial charge in [-0.2, -0.15) is 5.26 Å². The minimum absolute atomic E-state index is 0.128. The van der Waals surface area contributed by atoms with Crippen LogP contribution in [0.25, 0.3) is 0 Å². The Kier molecular flexibility index (Phi) is 6.53. The maximum absolute atomic E-state index is 13.5. The van der Waals surface area contributed by atoms with E-state index in [1.54, 1.807) is 17.0 Å². The molecule has 1 aliphatic rings. The lowest BCUT2D eigenvalue weighted by atomic mass is 9.94. The first-order chi connectivity index (χ1) is 13.7. The van der Waals surface area contributed by atoms with Gasteiger partial charge >= 0.3 is 0 Å². The molecule has 0 spiro atoms. The van der Waals surface area contributed by atoms with Gasteiger partial charge in [0.05, 0.1) is 6.07 Å². The summed E-state index contributed by atoms with van der Waals surface area (Å²) in [6, 6.07) is 15.0. The number of hydrogen-bond acceptors (Lipinski definition) is 3. The molecule has 0 saturated carbocycles. The Bertz CT molecular complexity index is 947. The molecule has 0 saturated heterocycles. The maximum Gasteiger partial charge on any atom is 0.256 e. The molecule has 2 atom stereocenters. The Labute approximate surface area is 182 Å². The molecule has 152 valence electrons. The number of carbonyl (C=O) groups excluding carboxylic acids is 1. The molecule has 0 fully saturated rings. The van der Waals surface area contributed by atoms with Gasteiger partial charge in [0.1, 0.15) is 12.2 Å². The minimum atomic E-state index is -0.746. The standard InChI is InChI=1S/C23H24Cl2N2O2/c1-23(2,3)14-27-19-11-10-15(24)13-17(19)21(16-7-4-5-8-18(16)25)29-20(22(27)28)9-6-12-26/h4-5,7-8,10-11,13,20-21H,6,9,14H2,1-3H3/t20-,21-/m1/s1. The third-order valence-corrected chi connectivity index (χ3v) is 5.32. The van der Waals surface area contributed by atoms with Crippen molar-refractivity contribution >= 4 is 34.8 Å². The summed E-state index contributed by atoms with van der Waals surface area (Å²) in [7, 11) is 0. The molecule has 0 N–H and O–H groups in total. The van der Waals surface area contributed by atoms with Crippen molar-refractivity contribution in [1.82, 2.24) is 0 Å². The Hall–Kier alpha value is -2.06. The molecule has 6 heteroatoms. The summed E-state index contributed by atoms with van der Waals surface area (Å²) in [5, 5.41) is 10.2. The second-order valence-electron chi connectivity index (χ2n) is 8.41. The second kappa shape index (κ2) is 8.75. The van der Waals surface area contributed by atoms with Gasteiger partial charge in [-0.3, -0.25) is 4.79 Å². The molecule has 4 nitrogen and oxygen atoms in total. The third-order valence-electron chi connectivity index (χ3n) is 4.74. The Morgan fingerprint density at radius 3 is 2.52 bits per heavy atom. The van der Waals surface area contributed by atoms with Crippen molar-refractivity contribution in [3.05, 3.63) is 63.6 Å². The van der Waals surface area contributed by atoms with Crippen molar-refractivity contribution in [3.8, 4) is 6.07 Å². The molecule has 3 rings (SSSR count). The number of rotatable bonds is 4. The second-order valence-corrected chi connectivity index (χ2v) is 9.25. The number of halogens is 2. The van der Waals surface area contributed by atoms with Crippen LogP contribution in [0, 0.1) is 16.7 Å². The molecule has 0 unspecified atom stereocenters. The van der Waals surface area contributed by atoms with Gasteiger partial charge in [-0.25, -0.2) is 0 Å². The van der Waals surface area contributed by atoms with E-state index in [9.17, 15) is 4.79 Å². The fraction of sp³-hybridized carbons (Fsp3) is 0.391. The fourth-order valence-corrected chi connectivity index (χ4v) is 3.94. The highest BCUT2D eigenvalue weighted by atomic mass is 35.5. The molecule has 0 aliphatic carbocycles. The summed E-state index contributed by atoms with van der Waals surface area (Å²) < 4.78 is 6.33. The van der Waals surface area contributed by atoms with Crippen LogP contribution in [-0.4, -0.2) is 18.6 Å². The molecule has 1 aliphatic heterocycles. The molecule has 0 radical (unpaired) electrons. The van der Waals surface area contributed by atoms with Crippen LogP contribution in [0.2, 0.25) is 10.0 Å². The van der Waals surface area contributed by atoms with Crippen LogP contribution in [-0.2, 0) is 9.53 Å². The average molecular weight is 431 g/mol. The van der Waals surface area contributed by atoms with Gasteiger partial charge in [-0.1, -0.05) is 62.2 Å². The number of hydrogen-bond donors (Lipinski definition) is 0. The summed E-state index contributed by atoms with van der Waals surface area (Å²) in [6.45, 7) is 6.76. The predicted molar refractivity (Wildman–Crippen MR) is 116 cm³/mol. The molecule has 1 amide bonds. The number of benzene rings is 2. The number of carbonyl (C=O) groups is 1. The number of nitrogens with zero attached hydrogens (tertiary/aromatic N) is 2. The number of ether oxygens (including phenoxy) is 1. The van der Waals surface area contributed by atoms with Gasteiger partial charge in [-0.15, -0.1) is 0 Å². The van der Waals surface area contributed by atoms with Crippen molar-refractivity contribution in [2.75, 3.05) is 11.4 Å². The molecule has 1 heterocycles. The number of nitriles is 1.